The number of fused-ring (bicyclic) bond motifs is 1. The molecule has 2 N–H and O–H groups in total. The molecule has 1 aliphatic carbocycles. The molecule has 1 fully saturated rings. The molecule has 3 amide bonds. The summed E-state index contributed by atoms with van der Waals surface area (Å²) in [4.78, 5) is 51.8. The molecule has 10 heteroatoms. The van der Waals surface area contributed by atoms with Crippen molar-refractivity contribution in [3.05, 3.63) is 70.2 Å². The molecule has 214 valence electrons. The highest BCUT2D eigenvalue weighted by Gasteiger charge is 2.29. The number of hydrogen-bond acceptors (Lipinski definition) is 6. The van der Waals surface area contributed by atoms with Crippen molar-refractivity contribution < 1.29 is 28.7 Å². The Kier molecular flexibility index (Phi) is 10.8. The van der Waals surface area contributed by atoms with Gasteiger partial charge in [-0.3, -0.25) is 4.79 Å². The number of aldehydes is 1. The fraction of sp³-hybridized carbons (Fsp3) is 0.467. The molecule has 1 aliphatic heterocycles. The van der Waals surface area contributed by atoms with Crippen LogP contribution >= 0.6 is 11.6 Å². The number of carbonyl (C=O) groups excluding carboxylic acids is 4. The summed E-state index contributed by atoms with van der Waals surface area (Å²) in [6, 6.07) is 12.9. The Morgan fingerprint density at radius 2 is 1.77 bits per heavy atom. The van der Waals surface area contributed by atoms with Gasteiger partial charge in [0.05, 0.1) is 0 Å². The Labute approximate surface area is 239 Å². The third-order valence-corrected chi connectivity index (χ3v) is 7.66. The molecular weight excluding hydrogens is 534 g/mol. The zero-order valence-corrected chi connectivity index (χ0v) is 23.2. The Morgan fingerprint density at radius 3 is 2.52 bits per heavy atom. The summed E-state index contributed by atoms with van der Waals surface area (Å²) >= 11 is 5.99. The first-order valence-electron chi connectivity index (χ1n) is 13.8. The summed E-state index contributed by atoms with van der Waals surface area (Å²) in [5.41, 5.74) is 2.98. The third kappa shape index (κ3) is 8.71. The largest absolute Gasteiger partial charge is 0.447 e. The number of halogens is 1. The van der Waals surface area contributed by atoms with E-state index in [1.807, 2.05) is 24.3 Å². The van der Waals surface area contributed by atoms with Crippen LogP contribution in [0.2, 0.25) is 5.02 Å². The van der Waals surface area contributed by atoms with E-state index in [1.54, 1.807) is 29.2 Å². The highest BCUT2D eigenvalue weighted by molar-refractivity contribution is 6.30. The fourth-order valence-corrected chi connectivity index (χ4v) is 5.46. The van der Waals surface area contributed by atoms with Crippen molar-refractivity contribution in [1.82, 2.24) is 15.5 Å². The highest BCUT2D eigenvalue weighted by atomic mass is 35.5. The van der Waals surface area contributed by atoms with Crippen molar-refractivity contribution >= 4 is 36.0 Å². The first-order valence-corrected chi connectivity index (χ1v) is 14.2. The van der Waals surface area contributed by atoms with Gasteiger partial charge in [0.15, 0.2) is 0 Å². The van der Waals surface area contributed by atoms with Crippen LogP contribution in [0.1, 0.15) is 55.2 Å². The van der Waals surface area contributed by atoms with Gasteiger partial charge < -0.3 is 29.8 Å². The molecular formula is C30H36ClN3O6. The first-order chi connectivity index (χ1) is 19.4. The zero-order chi connectivity index (χ0) is 28.3. The number of alkyl carbamates (subject to hydrolysis) is 1. The van der Waals surface area contributed by atoms with Crippen molar-refractivity contribution in [3.8, 4) is 0 Å². The Hall–Kier alpha value is -3.59. The van der Waals surface area contributed by atoms with Crippen LogP contribution in [0.25, 0.3) is 0 Å². The topological polar surface area (TPSA) is 114 Å². The second kappa shape index (κ2) is 14.7. The monoisotopic (exact) mass is 569 g/mol. The first kappa shape index (κ1) is 29.4. The lowest BCUT2D eigenvalue weighted by Gasteiger charge is -2.29. The molecule has 2 aliphatic rings. The summed E-state index contributed by atoms with van der Waals surface area (Å²) < 4.78 is 10.7. The van der Waals surface area contributed by atoms with E-state index in [4.69, 9.17) is 21.1 Å². The number of amides is 3. The molecule has 9 nitrogen and oxygen atoms in total. The molecule has 1 unspecified atom stereocenters. The molecule has 0 bridgehead atoms. The normalized spacial score (nSPS) is 16.7. The average Bonchev–Trinajstić information content (AvgIpc) is 2.98. The van der Waals surface area contributed by atoms with Gasteiger partial charge >= 0.3 is 12.2 Å². The van der Waals surface area contributed by atoms with Crippen LogP contribution in [0.5, 0.6) is 0 Å². The number of carbonyl (C=O) groups is 4. The van der Waals surface area contributed by atoms with Gasteiger partial charge in [0.1, 0.15) is 31.6 Å². The Morgan fingerprint density at radius 1 is 1.00 bits per heavy atom. The molecule has 2 atom stereocenters. The molecule has 0 aromatic heterocycles. The van der Waals surface area contributed by atoms with Gasteiger partial charge in [-0.1, -0.05) is 80.1 Å². The number of rotatable bonds is 10. The molecule has 2 aromatic carbocycles. The Balaban J connectivity index is 1.30. The van der Waals surface area contributed by atoms with E-state index >= 15 is 0 Å². The molecule has 40 heavy (non-hydrogen) atoms. The molecule has 0 radical (unpaired) electrons. The van der Waals surface area contributed by atoms with Gasteiger partial charge in [0.2, 0.25) is 5.91 Å². The smallest absolute Gasteiger partial charge is 0.410 e. The van der Waals surface area contributed by atoms with E-state index in [1.165, 1.54) is 5.56 Å². The third-order valence-electron chi connectivity index (χ3n) is 7.43. The SMILES string of the molecule is O=CC(COC(=O)N1CCc2ccccc2C1)NC(=O)[C@H](CC1CCCCC1)NC(=O)OCc1cccc(Cl)c1. The predicted octanol–water partition coefficient (Wildman–Crippen LogP) is 4.78. The van der Waals surface area contributed by atoms with E-state index in [2.05, 4.69) is 10.6 Å². The standard InChI is InChI=1S/C30H36ClN3O6/c31-25-12-6-9-22(15-25)19-39-29(37)33-27(16-21-7-2-1-3-8-21)28(36)32-26(18-35)20-40-30(38)34-14-13-23-10-4-5-11-24(23)17-34/h4-6,9-12,15,18,21,26-27H,1-3,7-8,13-14,16-17,19-20H2,(H,32,36)(H,33,37)/t26?,27-/m0/s1. The van der Waals surface area contributed by atoms with E-state index in [-0.39, 0.29) is 19.1 Å². The van der Waals surface area contributed by atoms with Gasteiger partial charge in [0, 0.05) is 18.1 Å². The number of nitrogens with one attached hydrogen (secondary N) is 2. The van der Waals surface area contributed by atoms with Gasteiger partial charge in [-0.05, 0) is 47.6 Å². The second-order valence-electron chi connectivity index (χ2n) is 10.4. The maximum atomic E-state index is 13.2. The van der Waals surface area contributed by atoms with E-state index < -0.39 is 30.2 Å². The number of hydrogen-bond donors (Lipinski definition) is 2. The lowest BCUT2D eigenvalue weighted by molar-refractivity contribution is -0.126. The maximum Gasteiger partial charge on any atom is 0.410 e. The highest BCUT2D eigenvalue weighted by Crippen LogP contribution is 2.27. The molecule has 0 spiro atoms. The Bertz CT molecular complexity index is 1190. The van der Waals surface area contributed by atoms with Crippen LogP contribution < -0.4 is 10.6 Å². The van der Waals surface area contributed by atoms with Crippen molar-refractivity contribution in [2.45, 2.75) is 70.2 Å². The van der Waals surface area contributed by atoms with Gasteiger partial charge in [-0.2, -0.15) is 0 Å². The average molecular weight is 570 g/mol. The molecule has 1 heterocycles. The molecule has 4 rings (SSSR count). The lowest BCUT2D eigenvalue weighted by Crippen LogP contribution is -2.52. The number of nitrogens with zero attached hydrogens (tertiary/aromatic N) is 1. The van der Waals surface area contributed by atoms with Crippen LogP contribution in [0.15, 0.2) is 48.5 Å². The molecule has 0 saturated heterocycles. The maximum absolute atomic E-state index is 13.2. The second-order valence-corrected chi connectivity index (χ2v) is 10.8. The summed E-state index contributed by atoms with van der Waals surface area (Å²) in [6.07, 6.45) is 5.64. The van der Waals surface area contributed by atoms with Gasteiger partial charge in [-0.15, -0.1) is 0 Å². The van der Waals surface area contributed by atoms with Crippen LogP contribution in [0, 0.1) is 5.92 Å². The van der Waals surface area contributed by atoms with E-state index in [9.17, 15) is 19.2 Å². The van der Waals surface area contributed by atoms with E-state index in [0.29, 0.717) is 30.8 Å². The van der Waals surface area contributed by atoms with Crippen molar-refractivity contribution in [1.29, 1.82) is 0 Å². The zero-order valence-electron chi connectivity index (χ0n) is 22.5. The van der Waals surface area contributed by atoms with Crippen LogP contribution in [0.4, 0.5) is 9.59 Å². The summed E-state index contributed by atoms with van der Waals surface area (Å²) in [5, 5.41) is 5.82. The summed E-state index contributed by atoms with van der Waals surface area (Å²) in [7, 11) is 0. The van der Waals surface area contributed by atoms with Crippen LogP contribution in [-0.4, -0.2) is 54.5 Å². The summed E-state index contributed by atoms with van der Waals surface area (Å²) in [6.45, 7) is 0.635. The van der Waals surface area contributed by atoms with Crippen molar-refractivity contribution in [3.63, 3.8) is 0 Å². The predicted molar refractivity (Wildman–Crippen MR) is 150 cm³/mol. The number of benzene rings is 2. The minimum atomic E-state index is -1.05. The minimum Gasteiger partial charge on any atom is -0.447 e. The van der Waals surface area contributed by atoms with Gasteiger partial charge in [-0.25, -0.2) is 9.59 Å². The lowest BCUT2D eigenvalue weighted by atomic mass is 9.84. The van der Waals surface area contributed by atoms with E-state index in [0.717, 1.165) is 49.7 Å². The van der Waals surface area contributed by atoms with Crippen molar-refractivity contribution in [2.24, 2.45) is 5.92 Å². The van der Waals surface area contributed by atoms with Crippen molar-refractivity contribution in [2.75, 3.05) is 13.2 Å². The van der Waals surface area contributed by atoms with Crippen LogP contribution in [0.3, 0.4) is 0 Å². The molecule has 1 saturated carbocycles. The summed E-state index contributed by atoms with van der Waals surface area (Å²) in [5.74, 6) is -0.252. The molecule has 2 aromatic rings. The fourth-order valence-electron chi connectivity index (χ4n) is 5.25. The van der Waals surface area contributed by atoms with Gasteiger partial charge in [0.25, 0.3) is 0 Å². The minimum absolute atomic E-state index is 0.00193. The van der Waals surface area contributed by atoms with Crippen LogP contribution in [-0.2, 0) is 38.6 Å². The quantitative estimate of drug-likeness (QED) is 0.398. The number of ether oxygens (including phenoxy) is 2.